The molecule has 1 saturated heterocycles. The number of carbonyl (C=O) groups excluding carboxylic acids is 1. The second kappa shape index (κ2) is 9.35. The van der Waals surface area contributed by atoms with Crippen molar-refractivity contribution >= 4 is 73.5 Å². The summed E-state index contributed by atoms with van der Waals surface area (Å²) in [6, 6.07) is 22.7. The third-order valence-corrected chi connectivity index (χ3v) is 6.42. The molecule has 3 aromatic rings. The molecule has 0 bridgehead atoms. The van der Waals surface area contributed by atoms with Crippen LogP contribution in [-0.4, -0.2) is 10.2 Å². The Kier molecular flexibility index (Phi) is 6.58. The molecule has 0 radical (unpaired) electrons. The van der Waals surface area contributed by atoms with Crippen molar-refractivity contribution in [1.29, 1.82) is 0 Å². The van der Waals surface area contributed by atoms with Crippen molar-refractivity contribution in [2.45, 2.75) is 6.61 Å². The van der Waals surface area contributed by atoms with Gasteiger partial charge in [-0.1, -0.05) is 81.8 Å². The Balaban J connectivity index is 1.61. The average Bonchev–Trinajstić information content (AvgIpc) is 3.02. The smallest absolute Gasteiger partial charge is 0.270 e. The number of ether oxygens (including phenoxy) is 1. The fourth-order valence-corrected chi connectivity index (χ4v) is 4.72. The fourth-order valence-electron chi connectivity index (χ4n) is 2.92. The Morgan fingerprint density at radius 2 is 1.80 bits per heavy atom. The minimum Gasteiger partial charge on any atom is -0.488 e. The maximum atomic E-state index is 13.0. The quantitative estimate of drug-likeness (QED) is 0.267. The fraction of sp³-hybridized carbons (Fsp3) is 0.0435. The topological polar surface area (TPSA) is 29.5 Å². The summed E-state index contributed by atoms with van der Waals surface area (Å²) < 4.78 is 7.41. The van der Waals surface area contributed by atoms with E-state index in [1.54, 1.807) is 24.3 Å². The SMILES string of the molecule is O=C1/C(=C\c2cc(Br)ccc2OCc2ccccc2)SC(=S)N1c1ccc(Cl)cc1. The number of hydrogen-bond acceptors (Lipinski definition) is 4. The number of rotatable bonds is 5. The van der Waals surface area contributed by atoms with E-state index in [0.29, 0.717) is 32.3 Å². The first-order valence-corrected chi connectivity index (χ1v) is 11.4. The van der Waals surface area contributed by atoms with E-state index in [0.717, 1.165) is 15.6 Å². The molecular formula is C23H15BrClNO2S2. The van der Waals surface area contributed by atoms with Crippen molar-refractivity contribution in [2.75, 3.05) is 4.90 Å². The molecule has 0 N–H and O–H groups in total. The summed E-state index contributed by atoms with van der Waals surface area (Å²) in [5, 5.41) is 0.606. The van der Waals surface area contributed by atoms with E-state index in [4.69, 9.17) is 28.6 Å². The second-order valence-electron chi connectivity index (χ2n) is 6.45. The molecule has 3 aromatic carbocycles. The highest BCUT2D eigenvalue weighted by molar-refractivity contribution is 9.10. The molecule has 1 heterocycles. The van der Waals surface area contributed by atoms with Gasteiger partial charge in [-0.05, 0) is 54.1 Å². The number of anilines is 1. The number of nitrogens with zero attached hydrogens (tertiary/aromatic N) is 1. The standard InChI is InChI=1S/C23H15BrClNO2S2/c24-17-6-11-20(28-14-15-4-2-1-3-5-15)16(12-17)13-21-22(27)26(23(29)30-21)19-9-7-18(25)8-10-19/h1-13H,14H2/b21-13+. The molecule has 7 heteroatoms. The molecule has 1 aliphatic heterocycles. The van der Waals surface area contributed by atoms with Gasteiger partial charge >= 0.3 is 0 Å². The Bertz CT molecular complexity index is 1130. The predicted octanol–water partition coefficient (Wildman–Crippen LogP) is 7.09. The highest BCUT2D eigenvalue weighted by Gasteiger charge is 2.33. The number of halogens is 2. The predicted molar refractivity (Wildman–Crippen MR) is 132 cm³/mol. The molecule has 0 aromatic heterocycles. The van der Waals surface area contributed by atoms with E-state index in [9.17, 15) is 4.79 Å². The number of amides is 1. The zero-order valence-corrected chi connectivity index (χ0v) is 19.5. The number of thiocarbonyl (C=S) groups is 1. The molecule has 1 amide bonds. The summed E-state index contributed by atoms with van der Waals surface area (Å²) in [7, 11) is 0. The highest BCUT2D eigenvalue weighted by Crippen LogP contribution is 2.38. The molecule has 0 atom stereocenters. The Labute approximate surface area is 197 Å². The van der Waals surface area contributed by atoms with E-state index in [2.05, 4.69) is 15.9 Å². The van der Waals surface area contributed by atoms with Crippen LogP contribution in [-0.2, 0) is 11.4 Å². The molecule has 1 fully saturated rings. The lowest BCUT2D eigenvalue weighted by atomic mass is 10.1. The van der Waals surface area contributed by atoms with Crippen LogP contribution in [0.5, 0.6) is 5.75 Å². The van der Waals surface area contributed by atoms with Crippen LogP contribution < -0.4 is 9.64 Å². The monoisotopic (exact) mass is 515 g/mol. The Hall–Kier alpha value is -2.12. The van der Waals surface area contributed by atoms with Gasteiger partial charge < -0.3 is 4.74 Å². The van der Waals surface area contributed by atoms with Crippen molar-refractivity contribution in [2.24, 2.45) is 0 Å². The van der Waals surface area contributed by atoms with Gasteiger partial charge in [0.05, 0.1) is 10.6 Å². The molecule has 0 saturated carbocycles. The zero-order valence-electron chi connectivity index (χ0n) is 15.5. The molecule has 3 nitrogen and oxygen atoms in total. The van der Waals surface area contributed by atoms with Crippen molar-refractivity contribution in [3.63, 3.8) is 0 Å². The van der Waals surface area contributed by atoms with Crippen molar-refractivity contribution in [1.82, 2.24) is 0 Å². The number of carbonyl (C=O) groups is 1. The maximum absolute atomic E-state index is 13.0. The lowest BCUT2D eigenvalue weighted by molar-refractivity contribution is -0.113. The van der Waals surface area contributed by atoms with Gasteiger partial charge in [-0.3, -0.25) is 9.69 Å². The van der Waals surface area contributed by atoms with E-state index in [1.807, 2.05) is 54.6 Å². The van der Waals surface area contributed by atoms with Gasteiger partial charge in [0.1, 0.15) is 12.4 Å². The van der Waals surface area contributed by atoms with Crippen LogP contribution in [0.4, 0.5) is 5.69 Å². The minimum absolute atomic E-state index is 0.165. The van der Waals surface area contributed by atoms with Crippen molar-refractivity contribution in [3.8, 4) is 5.75 Å². The van der Waals surface area contributed by atoms with Crippen molar-refractivity contribution < 1.29 is 9.53 Å². The van der Waals surface area contributed by atoms with E-state index in [-0.39, 0.29) is 5.91 Å². The maximum Gasteiger partial charge on any atom is 0.270 e. The van der Waals surface area contributed by atoms with Gasteiger partial charge in [-0.2, -0.15) is 0 Å². The van der Waals surface area contributed by atoms with Crippen LogP contribution in [0.25, 0.3) is 6.08 Å². The van der Waals surface area contributed by atoms with Gasteiger partial charge in [-0.25, -0.2) is 0 Å². The summed E-state index contributed by atoms with van der Waals surface area (Å²) >= 11 is 16.2. The first-order valence-electron chi connectivity index (χ1n) is 9.01. The molecule has 30 heavy (non-hydrogen) atoms. The normalized spacial score (nSPS) is 15.1. The van der Waals surface area contributed by atoms with Crippen LogP contribution in [0.3, 0.4) is 0 Å². The van der Waals surface area contributed by atoms with Gasteiger partial charge in [0.2, 0.25) is 0 Å². The van der Waals surface area contributed by atoms with Gasteiger partial charge in [0.15, 0.2) is 4.32 Å². The summed E-state index contributed by atoms with van der Waals surface area (Å²) in [6.45, 7) is 0.440. The largest absolute Gasteiger partial charge is 0.488 e. The van der Waals surface area contributed by atoms with Crippen LogP contribution in [0, 0.1) is 0 Å². The van der Waals surface area contributed by atoms with Crippen LogP contribution in [0.1, 0.15) is 11.1 Å². The van der Waals surface area contributed by atoms with E-state index in [1.165, 1.54) is 16.7 Å². The van der Waals surface area contributed by atoms with Crippen LogP contribution in [0.2, 0.25) is 5.02 Å². The average molecular weight is 517 g/mol. The lowest BCUT2D eigenvalue weighted by Gasteiger charge is -2.14. The van der Waals surface area contributed by atoms with Crippen LogP contribution in [0.15, 0.2) is 82.2 Å². The number of hydrogen-bond donors (Lipinski definition) is 0. The van der Waals surface area contributed by atoms with E-state index >= 15 is 0 Å². The summed E-state index contributed by atoms with van der Waals surface area (Å²) in [5.74, 6) is 0.528. The molecule has 4 rings (SSSR count). The van der Waals surface area contributed by atoms with E-state index < -0.39 is 0 Å². The second-order valence-corrected chi connectivity index (χ2v) is 9.48. The molecule has 0 spiro atoms. The lowest BCUT2D eigenvalue weighted by Crippen LogP contribution is -2.27. The number of benzene rings is 3. The Morgan fingerprint density at radius 1 is 1.07 bits per heavy atom. The highest BCUT2D eigenvalue weighted by atomic mass is 79.9. The summed E-state index contributed by atoms with van der Waals surface area (Å²) in [6.07, 6.45) is 1.82. The third kappa shape index (κ3) is 4.78. The van der Waals surface area contributed by atoms with Crippen LogP contribution >= 0.6 is 51.5 Å². The summed E-state index contributed by atoms with van der Waals surface area (Å²) in [5.41, 5.74) is 2.57. The van der Waals surface area contributed by atoms with Gasteiger partial charge in [0.25, 0.3) is 5.91 Å². The Morgan fingerprint density at radius 3 is 2.53 bits per heavy atom. The first kappa shape index (κ1) is 21.1. The third-order valence-electron chi connectivity index (χ3n) is 4.37. The van der Waals surface area contributed by atoms with Gasteiger partial charge in [-0.15, -0.1) is 0 Å². The number of thioether (sulfide) groups is 1. The molecule has 0 unspecified atom stereocenters. The minimum atomic E-state index is -0.165. The zero-order chi connectivity index (χ0) is 21.1. The van der Waals surface area contributed by atoms with Crippen molar-refractivity contribution in [3.05, 3.63) is 98.3 Å². The molecule has 150 valence electrons. The summed E-state index contributed by atoms with van der Waals surface area (Å²) in [4.78, 5) is 15.1. The molecule has 0 aliphatic carbocycles. The molecule has 1 aliphatic rings. The molecular weight excluding hydrogens is 502 g/mol. The van der Waals surface area contributed by atoms with Gasteiger partial charge in [0, 0.05) is 15.1 Å². The first-order chi connectivity index (χ1) is 14.5.